The number of piperidine rings is 1. The number of carboxylic acid groups (broad SMARTS) is 1. The maximum Gasteiger partial charge on any atom is 0.335 e. The van der Waals surface area contributed by atoms with Crippen molar-refractivity contribution in [2.45, 2.75) is 51.5 Å². The molecule has 0 aromatic carbocycles. The van der Waals surface area contributed by atoms with Crippen LogP contribution in [0.25, 0.3) is 0 Å². The smallest absolute Gasteiger partial charge is 0.335 e. The summed E-state index contributed by atoms with van der Waals surface area (Å²) in [6.45, 7) is 2.88. The van der Waals surface area contributed by atoms with E-state index in [1.807, 2.05) is 6.92 Å². The molecule has 108 valence electrons. The van der Waals surface area contributed by atoms with E-state index in [4.69, 9.17) is 0 Å². The number of aryl methyl sites for hydroxylation is 1. The molecule has 2 fully saturated rings. The summed E-state index contributed by atoms with van der Waals surface area (Å²) in [5.41, 5.74) is 1.14. The van der Waals surface area contributed by atoms with Crippen molar-refractivity contribution < 1.29 is 9.90 Å². The van der Waals surface area contributed by atoms with E-state index < -0.39 is 5.97 Å². The second kappa shape index (κ2) is 5.43. The standard InChI is InChI=1S/C16H22N2O2/c1-11-9-13(16(19)20)10-15(17-11)18-8-4-6-12-5-2-3-7-14(12)18/h9-10,12,14H,2-8H2,1H3,(H,19,20). The van der Waals surface area contributed by atoms with Gasteiger partial charge in [-0.05, 0) is 50.7 Å². The van der Waals surface area contributed by atoms with Gasteiger partial charge in [0.1, 0.15) is 5.82 Å². The van der Waals surface area contributed by atoms with Crippen molar-refractivity contribution in [2.75, 3.05) is 11.4 Å². The summed E-state index contributed by atoms with van der Waals surface area (Å²) in [5, 5.41) is 9.22. The molecular formula is C16H22N2O2. The minimum atomic E-state index is -0.867. The van der Waals surface area contributed by atoms with Crippen LogP contribution in [-0.2, 0) is 0 Å². The molecule has 2 aliphatic rings. The van der Waals surface area contributed by atoms with Gasteiger partial charge in [0.25, 0.3) is 0 Å². The molecule has 0 radical (unpaired) electrons. The van der Waals surface area contributed by atoms with Crippen LogP contribution in [0.4, 0.5) is 5.82 Å². The highest BCUT2D eigenvalue weighted by Crippen LogP contribution is 2.37. The molecule has 4 nitrogen and oxygen atoms in total. The van der Waals surface area contributed by atoms with Gasteiger partial charge < -0.3 is 10.0 Å². The summed E-state index contributed by atoms with van der Waals surface area (Å²) in [5.74, 6) is 0.765. The molecule has 0 spiro atoms. The first-order chi connectivity index (χ1) is 9.65. The number of rotatable bonds is 2. The van der Waals surface area contributed by atoms with Crippen molar-refractivity contribution in [3.05, 3.63) is 23.4 Å². The number of carbonyl (C=O) groups is 1. The van der Waals surface area contributed by atoms with E-state index in [1.54, 1.807) is 12.1 Å². The number of hydrogen-bond donors (Lipinski definition) is 1. The molecule has 1 saturated carbocycles. The highest BCUT2D eigenvalue weighted by molar-refractivity contribution is 5.88. The Morgan fingerprint density at radius 2 is 2.00 bits per heavy atom. The predicted molar refractivity (Wildman–Crippen MR) is 78.3 cm³/mol. The molecule has 0 bridgehead atoms. The average Bonchev–Trinajstić information content (AvgIpc) is 2.46. The predicted octanol–water partition coefficient (Wildman–Crippen LogP) is 3.25. The molecule has 2 unspecified atom stereocenters. The number of anilines is 1. The van der Waals surface area contributed by atoms with E-state index in [9.17, 15) is 9.90 Å². The number of pyridine rings is 1. The molecule has 3 rings (SSSR count). The maximum atomic E-state index is 11.2. The number of nitrogens with zero attached hydrogens (tertiary/aromatic N) is 2. The third kappa shape index (κ3) is 2.51. The molecule has 1 aromatic rings. The molecule has 2 heterocycles. The van der Waals surface area contributed by atoms with Gasteiger partial charge in [0.2, 0.25) is 0 Å². The molecule has 1 N–H and O–H groups in total. The molecule has 20 heavy (non-hydrogen) atoms. The van der Waals surface area contributed by atoms with Crippen LogP contribution in [-0.4, -0.2) is 28.6 Å². The molecule has 2 atom stereocenters. The van der Waals surface area contributed by atoms with Gasteiger partial charge in [-0.3, -0.25) is 0 Å². The lowest BCUT2D eigenvalue weighted by Gasteiger charge is -2.45. The number of carboxylic acids is 1. The van der Waals surface area contributed by atoms with E-state index in [2.05, 4.69) is 9.88 Å². The van der Waals surface area contributed by atoms with Crippen LogP contribution in [0.2, 0.25) is 0 Å². The largest absolute Gasteiger partial charge is 0.478 e. The summed E-state index contributed by atoms with van der Waals surface area (Å²) in [6.07, 6.45) is 7.69. The Hall–Kier alpha value is -1.58. The van der Waals surface area contributed by atoms with Crippen LogP contribution >= 0.6 is 0 Å². The first kappa shape index (κ1) is 13.4. The molecule has 4 heteroatoms. The van der Waals surface area contributed by atoms with E-state index in [0.29, 0.717) is 11.6 Å². The fraction of sp³-hybridized carbons (Fsp3) is 0.625. The Labute approximate surface area is 119 Å². The van der Waals surface area contributed by atoms with E-state index in [0.717, 1.165) is 24.0 Å². The number of aromatic nitrogens is 1. The van der Waals surface area contributed by atoms with Crippen molar-refractivity contribution >= 4 is 11.8 Å². The van der Waals surface area contributed by atoms with Crippen molar-refractivity contribution in [2.24, 2.45) is 5.92 Å². The minimum absolute atomic E-state index is 0.352. The lowest BCUT2D eigenvalue weighted by atomic mass is 9.78. The second-order valence-electron chi connectivity index (χ2n) is 6.11. The van der Waals surface area contributed by atoms with E-state index in [-0.39, 0.29) is 0 Å². The van der Waals surface area contributed by atoms with Gasteiger partial charge in [-0.2, -0.15) is 0 Å². The zero-order valence-corrected chi connectivity index (χ0v) is 12.0. The SMILES string of the molecule is Cc1cc(C(=O)O)cc(N2CCCC3CCCCC32)n1. The Kier molecular flexibility index (Phi) is 3.64. The maximum absolute atomic E-state index is 11.2. The monoisotopic (exact) mass is 274 g/mol. The van der Waals surface area contributed by atoms with Crippen LogP contribution in [0.3, 0.4) is 0 Å². The molecule has 0 amide bonds. The Morgan fingerprint density at radius 1 is 1.25 bits per heavy atom. The van der Waals surface area contributed by atoms with Crippen LogP contribution in [0.15, 0.2) is 12.1 Å². The minimum Gasteiger partial charge on any atom is -0.478 e. The third-order valence-electron chi connectivity index (χ3n) is 4.72. The van der Waals surface area contributed by atoms with Crippen LogP contribution in [0, 0.1) is 12.8 Å². The van der Waals surface area contributed by atoms with Crippen molar-refractivity contribution in [1.82, 2.24) is 4.98 Å². The Morgan fingerprint density at radius 3 is 2.80 bits per heavy atom. The summed E-state index contributed by atoms with van der Waals surface area (Å²) in [7, 11) is 0. The number of aromatic carboxylic acids is 1. The van der Waals surface area contributed by atoms with Crippen molar-refractivity contribution in [1.29, 1.82) is 0 Å². The van der Waals surface area contributed by atoms with Gasteiger partial charge in [0, 0.05) is 18.3 Å². The molecule has 1 aliphatic heterocycles. The third-order valence-corrected chi connectivity index (χ3v) is 4.72. The van der Waals surface area contributed by atoms with Gasteiger partial charge >= 0.3 is 5.97 Å². The average molecular weight is 274 g/mol. The van der Waals surface area contributed by atoms with Crippen LogP contribution in [0.1, 0.15) is 54.6 Å². The second-order valence-corrected chi connectivity index (χ2v) is 6.11. The summed E-state index contributed by atoms with van der Waals surface area (Å²) in [4.78, 5) is 18.2. The molecule has 1 saturated heterocycles. The van der Waals surface area contributed by atoms with Gasteiger partial charge in [-0.15, -0.1) is 0 Å². The zero-order valence-electron chi connectivity index (χ0n) is 12.0. The Balaban J connectivity index is 1.92. The van der Waals surface area contributed by atoms with Gasteiger partial charge in [0.05, 0.1) is 5.56 Å². The first-order valence-electron chi connectivity index (χ1n) is 7.64. The lowest BCUT2D eigenvalue weighted by Crippen LogP contribution is -2.47. The highest BCUT2D eigenvalue weighted by atomic mass is 16.4. The topological polar surface area (TPSA) is 53.4 Å². The van der Waals surface area contributed by atoms with Gasteiger partial charge in [0.15, 0.2) is 0 Å². The highest BCUT2D eigenvalue weighted by Gasteiger charge is 2.34. The number of hydrogen-bond acceptors (Lipinski definition) is 3. The van der Waals surface area contributed by atoms with Crippen LogP contribution < -0.4 is 4.90 Å². The quantitative estimate of drug-likeness (QED) is 0.899. The summed E-state index contributed by atoms with van der Waals surface area (Å²) in [6, 6.07) is 3.95. The van der Waals surface area contributed by atoms with Crippen molar-refractivity contribution in [3.8, 4) is 0 Å². The normalized spacial score (nSPS) is 26.1. The van der Waals surface area contributed by atoms with Crippen molar-refractivity contribution in [3.63, 3.8) is 0 Å². The van der Waals surface area contributed by atoms with Gasteiger partial charge in [-0.1, -0.05) is 12.8 Å². The first-order valence-corrected chi connectivity index (χ1v) is 7.64. The number of fused-ring (bicyclic) bond motifs is 1. The summed E-state index contributed by atoms with van der Waals surface area (Å²) < 4.78 is 0. The molecular weight excluding hydrogens is 252 g/mol. The molecule has 1 aliphatic carbocycles. The van der Waals surface area contributed by atoms with Gasteiger partial charge in [-0.25, -0.2) is 9.78 Å². The lowest BCUT2D eigenvalue weighted by molar-refractivity contribution is 0.0696. The fourth-order valence-corrected chi connectivity index (χ4v) is 3.83. The van der Waals surface area contributed by atoms with E-state index in [1.165, 1.54) is 38.5 Å². The summed E-state index contributed by atoms with van der Waals surface area (Å²) >= 11 is 0. The molecule has 1 aromatic heterocycles. The Bertz CT molecular complexity index is 513. The fourth-order valence-electron chi connectivity index (χ4n) is 3.83. The zero-order chi connectivity index (χ0) is 14.1. The van der Waals surface area contributed by atoms with E-state index >= 15 is 0 Å². The van der Waals surface area contributed by atoms with Crippen LogP contribution in [0.5, 0.6) is 0 Å².